The van der Waals surface area contributed by atoms with Crippen molar-refractivity contribution in [1.82, 2.24) is 9.80 Å². The van der Waals surface area contributed by atoms with Gasteiger partial charge in [-0.25, -0.2) is 4.39 Å². The Hall–Kier alpha value is -1.73. The number of hydrogen-bond donors (Lipinski definition) is 2. The molecule has 318 valence electrons. The molecule has 1 unspecified atom stereocenters. The number of alkyl halides is 1. The van der Waals surface area contributed by atoms with E-state index in [4.69, 9.17) is 11.6 Å². The molecule has 0 saturated heterocycles. The van der Waals surface area contributed by atoms with Gasteiger partial charge in [0.2, 0.25) is 0 Å². The van der Waals surface area contributed by atoms with Crippen molar-refractivity contribution in [3.63, 3.8) is 0 Å². The average Bonchev–Trinajstić information content (AvgIpc) is 3.56. The van der Waals surface area contributed by atoms with Gasteiger partial charge in [-0.1, -0.05) is 84.4 Å². The van der Waals surface area contributed by atoms with E-state index in [2.05, 4.69) is 96.6 Å². The molecule has 1 aromatic rings. The second-order valence-corrected chi connectivity index (χ2v) is 22.7. The van der Waals surface area contributed by atoms with Crippen LogP contribution in [-0.4, -0.2) is 72.5 Å². The largest absolute Gasteiger partial charge is 0.481 e. The van der Waals surface area contributed by atoms with Crippen molar-refractivity contribution in [2.24, 2.45) is 68.0 Å². The first-order valence-corrected chi connectivity index (χ1v) is 23.1. The molecular weight excluding hydrogens is 731 g/mol. The van der Waals surface area contributed by atoms with Crippen molar-refractivity contribution in [2.75, 3.05) is 40.4 Å². The summed E-state index contributed by atoms with van der Waals surface area (Å²) in [5, 5.41) is 23.4. The van der Waals surface area contributed by atoms with Crippen molar-refractivity contribution in [2.45, 2.75) is 138 Å². The number of likely N-dealkylation sites (N-methyl/N-ethyl adjacent to an activating group) is 1. The summed E-state index contributed by atoms with van der Waals surface area (Å²) in [6.07, 6.45) is 16.4. The summed E-state index contributed by atoms with van der Waals surface area (Å²) in [6, 6.07) is 8.26. The van der Waals surface area contributed by atoms with Crippen LogP contribution < -0.4 is 0 Å². The van der Waals surface area contributed by atoms with Crippen LogP contribution in [0.3, 0.4) is 0 Å². The molecule has 7 heteroatoms. The summed E-state index contributed by atoms with van der Waals surface area (Å²) in [7, 11) is 4.28. The minimum absolute atomic E-state index is 0.0264. The monoisotopic (exact) mass is 807 g/mol. The smallest absolute Gasteiger partial charge is 0.312 e. The molecule has 6 aliphatic carbocycles. The summed E-state index contributed by atoms with van der Waals surface area (Å²) in [5.74, 6) is 2.58. The summed E-state index contributed by atoms with van der Waals surface area (Å²) < 4.78 is 14.1. The summed E-state index contributed by atoms with van der Waals surface area (Å²) >= 11 is 6.27. The van der Waals surface area contributed by atoms with Crippen LogP contribution >= 0.6 is 11.6 Å². The summed E-state index contributed by atoms with van der Waals surface area (Å²) in [4.78, 5) is 16.8. The minimum Gasteiger partial charge on any atom is -0.481 e. The van der Waals surface area contributed by atoms with Crippen LogP contribution in [0.5, 0.6) is 0 Å². The van der Waals surface area contributed by atoms with Crippen molar-refractivity contribution in [3.8, 4) is 0 Å². The highest BCUT2D eigenvalue weighted by Gasteiger charge is 2.71. The lowest BCUT2D eigenvalue weighted by atomic mass is 9.32. The van der Waals surface area contributed by atoms with Crippen molar-refractivity contribution in [1.29, 1.82) is 0 Å². The number of aliphatic carboxylic acids is 1. The van der Waals surface area contributed by atoms with Gasteiger partial charge in [0.1, 0.15) is 6.67 Å². The average molecular weight is 808 g/mol. The third kappa shape index (κ3) is 7.03. The van der Waals surface area contributed by atoms with Crippen LogP contribution in [0.1, 0.15) is 131 Å². The molecule has 11 atom stereocenters. The van der Waals surface area contributed by atoms with Gasteiger partial charge in [-0.15, -0.1) is 0 Å². The van der Waals surface area contributed by atoms with Gasteiger partial charge in [-0.3, -0.25) is 9.69 Å². The molecule has 2 N–H and O–H groups in total. The molecule has 0 bridgehead atoms. The first-order chi connectivity index (χ1) is 26.8. The molecule has 4 fully saturated rings. The Bertz CT molecular complexity index is 1710. The normalized spacial score (nSPS) is 40.5. The maximum absolute atomic E-state index is 14.1. The van der Waals surface area contributed by atoms with Gasteiger partial charge in [0, 0.05) is 36.6 Å². The highest BCUT2D eigenvalue weighted by molar-refractivity contribution is 6.30. The van der Waals surface area contributed by atoms with Crippen LogP contribution in [0.15, 0.2) is 47.6 Å². The van der Waals surface area contributed by atoms with E-state index >= 15 is 0 Å². The number of allylic oxidation sites excluding steroid dienone is 4. The molecule has 0 heterocycles. The van der Waals surface area contributed by atoms with E-state index in [9.17, 15) is 19.4 Å². The number of carbonyl (C=O) groups is 1. The molecular formula is C50H76ClFN2O3. The maximum Gasteiger partial charge on any atom is 0.312 e. The van der Waals surface area contributed by atoms with Crippen LogP contribution in [-0.2, 0) is 11.3 Å². The molecule has 0 amide bonds. The number of carboxylic acids is 1. The topological polar surface area (TPSA) is 64.0 Å². The van der Waals surface area contributed by atoms with E-state index in [0.717, 1.165) is 43.9 Å². The predicted octanol–water partition coefficient (Wildman–Crippen LogP) is 11.5. The molecule has 0 spiro atoms. The molecule has 1 aromatic carbocycles. The van der Waals surface area contributed by atoms with E-state index in [1.54, 1.807) is 0 Å². The number of aliphatic hydroxyl groups is 1. The zero-order valence-electron chi connectivity index (χ0n) is 37.0. The fourth-order valence-electron chi connectivity index (χ4n) is 15.5. The number of rotatable bonds is 12. The van der Waals surface area contributed by atoms with Gasteiger partial charge in [0.15, 0.2) is 0 Å². The third-order valence-corrected chi connectivity index (χ3v) is 19.2. The Kier molecular flexibility index (Phi) is 11.9. The van der Waals surface area contributed by atoms with Crippen molar-refractivity contribution >= 4 is 17.6 Å². The molecule has 7 rings (SSSR count). The highest BCUT2D eigenvalue weighted by Crippen LogP contribution is 2.78. The lowest BCUT2D eigenvalue weighted by molar-refractivity contribution is -0.239. The predicted molar refractivity (Wildman–Crippen MR) is 232 cm³/mol. The number of fused-ring (bicyclic) bond motifs is 7. The highest BCUT2D eigenvalue weighted by atomic mass is 35.5. The van der Waals surface area contributed by atoms with E-state index in [-0.39, 0.29) is 39.6 Å². The number of benzene rings is 1. The van der Waals surface area contributed by atoms with Gasteiger partial charge in [0.05, 0.1) is 11.5 Å². The first kappa shape index (κ1) is 43.4. The fourth-order valence-corrected chi connectivity index (χ4v) is 15.7. The number of hydrogen-bond acceptors (Lipinski definition) is 4. The molecule has 5 nitrogen and oxygen atoms in total. The number of halogens is 2. The quantitative estimate of drug-likeness (QED) is 0.220. The number of nitrogens with zero attached hydrogens (tertiary/aromatic N) is 2. The SMILES string of the molecule is CC(C)[C@@H]1CC[C@]2([C@H](O)CN(CCN(C)C)Cc3ccc(Cl)cc3)CC[C@]3(C)[C@H](CC[C@@H]4[C@@]5(C)CC=C(C6=CC[C@](CF)(C(=O)O)CC6)C(C)(C)C5CC[C@]43C)[C@@H]12. The van der Waals surface area contributed by atoms with E-state index in [1.807, 2.05) is 12.1 Å². The molecule has 57 heavy (non-hydrogen) atoms. The Morgan fingerprint density at radius 2 is 1.60 bits per heavy atom. The molecule has 0 aliphatic heterocycles. The van der Waals surface area contributed by atoms with Crippen LogP contribution in [0.2, 0.25) is 5.02 Å². The lowest BCUT2D eigenvalue weighted by Gasteiger charge is -2.73. The second kappa shape index (κ2) is 15.6. The Morgan fingerprint density at radius 1 is 0.877 bits per heavy atom. The van der Waals surface area contributed by atoms with Crippen LogP contribution in [0, 0.1) is 68.0 Å². The Morgan fingerprint density at radius 3 is 2.21 bits per heavy atom. The zero-order chi connectivity index (χ0) is 41.3. The zero-order valence-corrected chi connectivity index (χ0v) is 37.7. The van der Waals surface area contributed by atoms with Crippen molar-refractivity contribution < 1.29 is 19.4 Å². The standard InChI is InChI=1S/C50H76ClFN2O3/c1-33(2)37-18-25-50(42(55)31-54(29-28-53(8)9)30-34-10-12-36(51)13-11-34)27-26-47(6)39(43(37)50)14-15-41-46(5)21-19-38(45(3,4)40(46)20-22-48(41,47)7)35-16-23-49(32-52,24-17-35)44(56)57/h10-13,16,19,33,37,39-43,55H,14-15,17-18,20-32H2,1-9H3,(H,56,57)/t37-,39+,40?,41+,42+,43+,46-,47+,48+,49-,50+/m0/s1. The van der Waals surface area contributed by atoms with E-state index < -0.39 is 18.1 Å². The van der Waals surface area contributed by atoms with Crippen LogP contribution in [0.4, 0.5) is 4.39 Å². The van der Waals surface area contributed by atoms with Crippen LogP contribution in [0.25, 0.3) is 0 Å². The Labute approximate surface area is 350 Å². The minimum atomic E-state index is -1.26. The van der Waals surface area contributed by atoms with Gasteiger partial charge in [-0.2, -0.15) is 0 Å². The van der Waals surface area contributed by atoms with E-state index in [1.165, 1.54) is 55.2 Å². The maximum atomic E-state index is 14.1. The van der Waals surface area contributed by atoms with Gasteiger partial charge in [0.25, 0.3) is 0 Å². The molecule has 4 saturated carbocycles. The first-order valence-electron chi connectivity index (χ1n) is 22.8. The Balaban J connectivity index is 1.16. The lowest BCUT2D eigenvalue weighted by Crippen LogP contribution is -2.66. The van der Waals surface area contributed by atoms with Crippen molar-refractivity contribution in [3.05, 3.63) is 58.1 Å². The number of aliphatic hydroxyl groups excluding tert-OH is 1. The molecule has 6 aliphatic rings. The summed E-state index contributed by atoms with van der Waals surface area (Å²) in [5.41, 5.74) is 3.22. The van der Waals surface area contributed by atoms with Gasteiger partial charge in [-0.05, 0) is 177 Å². The third-order valence-electron chi connectivity index (χ3n) is 18.9. The summed E-state index contributed by atoms with van der Waals surface area (Å²) in [6.45, 7) is 20.5. The van der Waals surface area contributed by atoms with E-state index in [0.29, 0.717) is 54.9 Å². The second-order valence-electron chi connectivity index (χ2n) is 22.3. The molecule has 0 radical (unpaired) electrons. The number of carboxylic acid groups (broad SMARTS) is 1. The molecule has 0 aromatic heterocycles. The van der Waals surface area contributed by atoms with Gasteiger partial charge < -0.3 is 15.1 Å². The fraction of sp³-hybridized carbons (Fsp3) is 0.780. The van der Waals surface area contributed by atoms with Gasteiger partial charge >= 0.3 is 5.97 Å².